The second kappa shape index (κ2) is 5.69. The first-order chi connectivity index (χ1) is 10.7. The molecular formula is C18H15N3O. The number of nitrogens with zero attached hydrogens (tertiary/aromatic N) is 1. The SMILES string of the molecule is NC(=O)c1ccc(-c2ccccn2)cc1-c1ccccc1N. The summed E-state index contributed by atoms with van der Waals surface area (Å²) in [6, 6.07) is 18.5. The van der Waals surface area contributed by atoms with E-state index in [1.165, 1.54) is 0 Å². The quantitative estimate of drug-likeness (QED) is 0.727. The number of carbonyl (C=O) groups is 1. The third-order valence-electron chi connectivity index (χ3n) is 3.50. The molecule has 4 nitrogen and oxygen atoms in total. The molecule has 0 bridgehead atoms. The summed E-state index contributed by atoms with van der Waals surface area (Å²) in [5.74, 6) is -0.481. The Morgan fingerprint density at radius 1 is 0.909 bits per heavy atom. The molecule has 0 unspecified atom stereocenters. The minimum atomic E-state index is -0.481. The fourth-order valence-electron chi connectivity index (χ4n) is 2.42. The summed E-state index contributed by atoms with van der Waals surface area (Å²) >= 11 is 0. The number of anilines is 1. The Morgan fingerprint density at radius 2 is 1.68 bits per heavy atom. The van der Waals surface area contributed by atoms with Gasteiger partial charge in [0, 0.05) is 28.6 Å². The van der Waals surface area contributed by atoms with E-state index < -0.39 is 5.91 Å². The predicted molar refractivity (Wildman–Crippen MR) is 88.0 cm³/mol. The molecule has 0 saturated carbocycles. The highest BCUT2D eigenvalue weighted by Gasteiger charge is 2.13. The van der Waals surface area contributed by atoms with Crippen LogP contribution in [-0.2, 0) is 0 Å². The molecule has 0 fully saturated rings. The zero-order chi connectivity index (χ0) is 15.5. The number of pyridine rings is 1. The molecule has 108 valence electrons. The number of rotatable bonds is 3. The van der Waals surface area contributed by atoms with Gasteiger partial charge < -0.3 is 11.5 Å². The van der Waals surface area contributed by atoms with E-state index >= 15 is 0 Å². The summed E-state index contributed by atoms with van der Waals surface area (Å²) < 4.78 is 0. The summed E-state index contributed by atoms with van der Waals surface area (Å²) in [4.78, 5) is 16.1. The van der Waals surface area contributed by atoms with Gasteiger partial charge in [-0.25, -0.2) is 0 Å². The number of nitrogens with two attached hydrogens (primary N) is 2. The maximum Gasteiger partial charge on any atom is 0.249 e. The highest BCUT2D eigenvalue weighted by Crippen LogP contribution is 2.32. The molecule has 2 aromatic carbocycles. The van der Waals surface area contributed by atoms with Gasteiger partial charge in [0.2, 0.25) is 5.91 Å². The Hall–Kier alpha value is -3.14. The average molecular weight is 289 g/mol. The number of hydrogen-bond acceptors (Lipinski definition) is 3. The lowest BCUT2D eigenvalue weighted by Gasteiger charge is -2.12. The van der Waals surface area contributed by atoms with Gasteiger partial charge in [0.25, 0.3) is 0 Å². The van der Waals surface area contributed by atoms with E-state index in [0.29, 0.717) is 16.8 Å². The molecule has 1 amide bonds. The second-order valence-electron chi connectivity index (χ2n) is 4.93. The first-order valence-electron chi connectivity index (χ1n) is 6.87. The number of benzene rings is 2. The van der Waals surface area contributed by atoms with Crippen LogP contribution in [0.1, 0.15) is 10.4 Å². The Morgan fingerprint density at radius 3 is 2.36 bits per heavy atom. The summed E-state index contributed by atoms with van der Waals surface area (Å²) in [6.45, 7) is 0. The van der Waals surface area contributed by atoms with Gasteiger partial charge in [-0.15, -0.1) is 0 Å². The number of hydrogen-bond donors (Lipinski definition) is 2. The van der Waals surface area contributed by atoms with Crippen molar-refractivity contribution in [1.29, 1.82) is 0 Å². The largest absolute Gasteiger partial charge is 0.398 e. The average Bonchev–Trinajstić information content (AvgIpc) is 2.55. The molecule has 0 aliphatic rings. The molecular weight excluding hydrogens is 274 g/mol. The molecule has 0 atom stereocenters. The first kappa shape index (κ1) is 13.8. The normalized spacial score (nSPS) is 10.4. The molecule has 4 heteroatoms. The van der Waals surface area contributed by atoms with E-state index in [4.69, 9.17) is 11.5 Å². The van der Waals surface area contributed by atoms with E-state index in [1.54, 1.807) is 18.3 Å². The van der Waals surface area contributed by atoms with E-state index in [2.05, 4.69) is 4.98 Å². The van der Waals surface area contributed by atoms with Gasteiger partial charge in [-0.2, -0.15) is 0 Å². The van der Waals surface area contributed by atoms with Crippen molar-refractivity contribution in [3.8, 4) is 22.4 Å². The molecule has 22 heavy (non-hydrogen) atoms. The maximum absolute atomic E-state index is 11.7. The molecule has 0 saturated heterocycles. The van der Waals surface area contributed by atoms with Crippen LogP contribution in [0.4, 0.5) is 5.69 Å². The Labute approximate surface area is 128 Å². The number of nitrogen functional groups attached to an aromatic ring is 1. The first-order valence-corrected chi connectivity index (χ1v) is 6.87. The van der Waals surface area contributed by atoms with E-state index in [9.17, 15) is 4.79 Å². The van der Waals surface area contributed by atoms with Crippen molar-refractivity contribution in [1.82, 2.24) is 4.98 Å². The Bertz CT molecular complexity index is 829. The van der Waals surface area contributed by atoms with Crippen LogP contribution < -0.4 is 11.5 Å². The van der Waals surface area contributed by atoms with Crippen LogP contribution in [0.25, 0.3) is 22.4 Å². The third-order valence-corrected chi connectivity index (χ3v) is 3.50. The monoisotopic (exact) mass is 289 g/mol. The van der Waals surface area contributed by atoms with Crippen molar-refractivity contribution >= 4 is 11.6 Å². The zero-order valence-electron chi connectivity index (χ0n) is 11.9. The highest BCUT2D eigenvalue weighted by atomic mass is 16.1. The van der Waals surface area contributed by atoms with Crippen molar-refractivity contribution in [2.45, 2.75) is 0 Å². The number of aromatic nitrogens is 1. The number of primary amides is 1. The Balaban J connectivity index is 2.22. The van der Waals surface area contributed by atoms with E-state index in [0.717, 1.165) is 16.8 Å². The summed E-state index contributed by atoms with van der Waals surface area (Å²) in [7, 11) is 0. The second-order valence-corrected chi connectivity index (χ2v) is 4.93. The molecule has 0 aliphatic heterocycles. The molecule has 4 N–H and O–H groups in total. The van der Waals surface area contributed by atoms with Crippen molar-refractivity contribution in [2.24, 2.45) is 5.73 Å². The minimum absolute atomic E-state index is 0.442. The molecule has 0 aliphatic carbocycles. The number of amides is 1. The van der Waals surface area contributed by atoms with Crippen LogP contribution in [0.15, 0.2) is 66.9 Å². The molecule has 0 radical (unpaired) electrons. The van der Waals surface area contributed by atoms with Crippen molar-refractivity contribution in [3.05, 3.63) is 72.4 Å². The third kappa shape index (κ3) is 2.54. The summed E-state index contributed by atoms with van der Waals surface area (Å²) in [5, 5.41) is 0. The van der Waals surface area contributed by atoms with Crippen LogP contribution >= 0.6 is 0 Å². The van der Waals surface area contributed by atoms with Gasteiger partial charge in [0.05, 0.1) is 5.69 Å². The molecule has 1 heterocycles. The van der Waals surface area contributed by atoms with E-state index in [1.807, 2.05) is 48.5 Å². The van der Waals surface area contributed by atoms with Gasteiger partial charge in [-0.05, 0) is 35.9 Å². The number of para-hydroxylation sites is 1. The van der Waals surface area contributed by atoms with Crippen molar-refractivity contribution in [3.63, 3.8) is 0 Å². The van der Waals surface area contributed by atoms with E-state index in [-0.39, 0.29) is 0 Å². The fraction of sp³-hybridized carbons (Fsp3) is 0. The lowest BCUT2D eigenvalue weighted by molar-refractivity contribution is 0.100. The summed E-state index contributed by atoms with van der Waals surface area (Å²) in [5.41, 5.74) is 15.8. The molecule has 0 spiro atoms. The van der Waals surface area contributed by atoms with Crippen LogP contribution in [0.5, 0.6) is 0 Å². The molecule has 1 aromatic heterocycles. The van der Waals surface area contributed by atoms with Gasteiger partial charge in [-0.3, -0.25) is 9.78 Å². The zero-order valence-corrected chi connectivity index (χ0v) is 11.9. The predicted octanol–water partition coefficient (Wildman–Crippen LogP) is 3.10. The lowest BCUT2D eigenvalue weighted by Crippen LogP contribution is -2.12. The van der Waals surface area contributed by atoms with Gasteiger partial charge >= 0.3 is 0 Å². The fourth-order valence-corrected chi connectivity index (χ4v) is 2.42. The maximum atomic E-state index is 11.7. The Kier molecular flexibility index (Phi) is 3.58. The minimum Gasteiger partial charge on any atom is -0.398 e. The number of carbonyl (C=O) groups excluding carboxylic acids is 1. The van der Waals surface area contributed by atoms with Crippen LogP contribution in [0.2, 0.25) is 0 Å². The highest BCUT2D eigenvalue weighted by molar-refractivity contribution is 6.02. The standard InChI is InChI=1S/C18H15N3O/c19-16-6-2-1-5-13(16)15-11-12(8-9-14(15)18(20)22)17-7-3-4-10-21-17/h1-11H,19H2,(H2,20,22). The molecule has 3 rings (SSSR count). The smallest absolute Gasteiger partial charge is 0.249 e. The van der Waals surface area contributed by atoms with Gasteiger partial charge in [0.15, 0.2) is 0 Å². The topological polar surface area (TPSA) is 82.0 Å². The van der Waals surface area contributed by atoms with Crippen LogP contribution in [-0.4, -0.2) is 10.9 Å². The van der Waals surface area contributed by atoms with Crippen LogP contribution in [0.3, 0.4) is 0 Å². The van der Waals surface area contributed by atoms with Gasteiger partial charge in [-0.1, -0.05) is 30.3 Å². The van der Waals surface area contributed by atoms with Crippen molar-refractivity contribution < 1.29 is 4.79 Å². The van der Waals surface area contributed by atoms with Crippen molar-refractivity contribution in [2.75, 3.05) is 5.73 Å². The van der Waals surface area contributed by atoms with Gasteiger partial charge in [0.1, 0.15) is 0 Å². The van der Waals surface area contributed by atoms with Crippen LogP contribution in [0, 0.1) is 0 Å². The molecule has 3 aromatic rings. The summed E-state index contributed by atoms with van der Waals surface area (Å²) in [6.07, 6.45) is 1.73. The lowest BCUT2D eigenvalue weighted by atomic mass is 9.94.